The van der Waals surface area contributed by atoms with Gasteiger partial charge in [-0.25, -0.2) is 0 Å². The Morgan fingerprint density at radius 2 is 1.29 bits per heavy atom. The molecule has 0 radical (unpaired) electrons. The van der Waals surface area contributed by atoms with Crippen molar-refractivity contribution in [2.75, 3.05) is 0 Å². The first-order chi connectivity index (χ1) is 11.6. The van der Waals surface area contributed by atoms with Crippen molar-refractivity contribution in [3.8, 4) is 0 Å². The van der Waals surface area contributed by atoms with E-state index in [-0.39, 0.29) is 4.87 Å². The van der Waals surface area contributed by atoms with Crippen LogP contribution in [0.3, 0.4) is 0 Å². The van der Waals surface area contributed by atoms with Crippen LogP contribution in [-0.2, 0) is 17.7 Å². The van der Waals surface area contributed by atoms with Crippen molar-refractivity contribution in [2.45, 2.75) is 110 Å². The maximum atomic E-state index is 7.31. The van der Waals surface area contributed by atoms with E-state index in [0.717, 1.165) is 12.8 Å². The fourth-order valence-corrected chi connectivity index (χ4v) is 4.06. The first kappa shape index (κ1) is 21.6. The molecule has 0 saturated heterocycles. The van der Waals surface area contributed by atoms with Gasteiger partial charge in [-0.1, -0.05) is 84.4 Å². The third kappa shape index (κ3) is 6.43. The Morgan fingerprint density at radius 1 is 0.750 bits per heavy atom. The molecule has 1 heteroatoms. The molecule has 1 aromatic carbocycles. The van der Waals surface area contributed by atoms with E-state index in [1.165, 1.54) is 69.8 Å². The van der Waals surface area contributed by atoms with Gasteiger partial charge >= 0.3 is 0 Å². The molecular weight excluding hydrogens is 312 g/mol. The van der Waals surface area contributed by atoms with Crippen LogP contribution in [0.5, 0.6) is 0 Å². The van der Waals surface area contributed by atoms with Gasteiger partial charge in [-0.3, -0.25) is 0 Å². The summed E-state index contributed by atoms with van der Waals surface area (Å²) in [4.78, 5) is -0.155. The molecule has 24 heavy (non-hydrogen) atoms. The summed E-state index contributed by atoms with van der Waals surface area (Å²) in [6, 6.07) is 6.94. The Labute approximate surface area is 156 Å². The lowest BCUT2D eigenvalue weighted by molar-refractivity contribution is 0.466. The zero-order valence-electron chi connectivity index (χ0n) is 16.6. The lowest BCUT2D eigenvalue weighted by atomic mass is 9.81. The van der Waals surface area contributed by atoms with Crippen molar-refractivity contribution in [3.05, 3.63) is 34.9 Å². The van der Waals surface area contributed by atoms with Crippen LogP contribution in [0.25, 0.3) is 0 Å². The Morgan fingerprint density at radius 3 is 1.83 bits per heavy atom. The van der Waals surface area contributed by atoms with Gasteiger partial charge in [0.15, 0.2) is 0 Å². The van der Waals surface area contributed by atoms with Crippen molar-refractivity contribution < 1.29 is 0 Å². The Bertz CT molecular complexity index is 441. The third-order valence-electron chi connectivity index (χ3n) is 5.19. The molecule has 1 aromatic rings. The lowest BCUT2D eigenvalue weighted by Gasteiger charge is -2.31. The molecule has 0 aromatic heterocycles. The number of alkyl halides is 1. The van der Waals surface area contributed by atoms with Gasteiger partial charge in [0.1, 0.15) is 0 Å². The second kappa shape index (κ2) is 12.0. The summed E-state index contributed by atoms with van der Waals surface area (Å²) in [6.45, 7) is 9.11. The molecule has 0 fully saturated rings. The second-order valence-electron chi connectivity index (χ2n) is 7.32. The molecule has 0 aliphatic heterocycles. The number of hydrogen-bond donors (Lipinski definition) is 0. The number of benzene rings is 1. The van der Waals surface area contributed by atoms with Crippen LogP contribution >= 0.6 is 11.6 Å². The van der Waals surface area contributed by atoms with E-state index in [1.807, 2.05) is 0 Å². The summed E-state index contributed by atoms with van der Waals surface area (Å²) < 4.78 is 0. The highest BCUT2D eigenvalue weighted by Crippen LogP contribution is 2.42. The summed E-state index contributed by atoms with van der Waals surface area (Å²) in [7, 11) is 0. The smallest absolute Gasteiger partial charge is 0.0697 e. The minimum atomic E-state index is -0.155. The summed E-state index contributed by atoms with van der Waals surface area (Å²) >= 11 is 7.31. The number of hydrogen-bond acceptors (Lipinski definition) is 0. The van der Waals surface area contributed by atoms with Crippen molar-refractivity contribution in [1.82, 2.24) is 0 Å². The van der Waals surface area contributed by atoms with Crippen LogP contribution in [-0.4, -0.2) is 0 Å². The lowest BCUT2D eigenvalue weighted by Crippen LogP contribution is -2.22. The quantitative estimate of drug-likeness (QED) is 0.314. The molecule has 138 valence electrons. The van der Waals surface area contributed by atoms with Crippen LogP contribution in [0.1, 0.15) is 109 Å². The van der Waals surface area contributed by atoms with E-state index in [0.29, 0.717) is 0 Å². The average molecular weight is 351 g/mol. The highest BCUT2D eigenvalue weighted by molar-refractivity contribution is 6.24. The summed E-state index contributed by atoms with van der Waals surface area (Å²) in [5.41, 5.74) is 4.59. The molecule has 0 N–H and O–H groups in total. The Kier molecular flexibility index (Phi) is 10.7. The van der Waals surface area contributed by atoms with E-state index in [1.54, 1.807) is 11.1 Å². The average Bonchev–Trinajstić information content (AvgIpc) is 2.61. The maximum Gasteiger partial charge on any atom is 0.0697 e. The van der Waals surface area contributed by atoms with Crippen molar-refractivity contribution in [2.24, 2.45) is 0 Å². The molecule has 0 atom stereocenters. The number of aryl methyl sites for hydroxylation is 1. The number of rotatable bonds is 13. The van der Waals surface area contributed by atoms with Gasteiger partial charge in [-0.15, -0.1) is 11.6 Å². The molecular formula is C23H39Cl. The van der Waals surface area contributed by atoms with E-state index in [2.05, 4.69) is 45.9 Å². The predicted molar refractivity (Wildman–Crippen MR) is 110 cm³/mol. The van der Waals surface area contributed by atoms with Crippen LogP contribution in [0, 0.1) is 0 Å². The highest BCUT2D eigenvalue weighted by Gasteiger charge is 2.31. The standard InChI is InChI=1S/C23H39Cl/c1-5-9-14-20-15-13-17-22(21(20)16-10-6-2)23(24,18-11-7-3)19-12-8-4/h13,15,17H,5-12,14,16,18-19H2,1-4H3. The molecule has 0 bridgehead atoms. The van der Waals surface area contributed by atoms with Crippen molar-refractivity contribution in [1.29, 1.82) is 0 Å². The maximum absolute atomic E-state index is 7.31. The van der Waals surface area contributed by atoms with Gasteiger partial charge < -0.3 is 0 Å². The van der Waals surface area contributed by atoms with E-state index >= 15 is 0 Å². The van der Waals surface area contributed by atoms with E-state index in [9.17, 15) is 0 Å². The molecule has 0 aliphatic rings. The monoisotopic (exact) mass is 350 g/mol. The topological polar surface area (TPSA) is 0 Å². The van der Waals surface area contributed by atoms with Gasteiger partial charge in [0, 0.05) is 0 Å². The largest absolute Gasteiger partial charge is 0.114 e. The minimum Gasteiger partial charge on any atom is -0.114 e. The van der Waals surface area contributed by atoms with Gasteiger partial charge in [0.25, 0.3) is 0 Å². The molecule has 0 saturated carbocycles. The third-order valence-corrected chi connectivity index (χ3v) is 5.77. The Balaban J connectivity index is 3.22. The van der Waals surface area contributed by atoms with Crippen molar-refractivity contribution >= 4 is 11.6 Å². The Hall–Kier alpha value is -0.490. The molecule has 1 rings (SSSR count). The zero-order chi connectivity index (χ0) is 17.8. The minimum absolute atomic E-state index is 0.155. The van der Waals surface area contributed by atoms with E-state index < -0.39 is 0 Å². The summed E-state index contributed by atoms with van der Waals surface area (Å²) in [5.74, 6) is 0. The van der Waals surface area contributed by atoms with Gasteiger partial charge in [-0.05, 0) is 55.2 Å². The highest BCUT2D eigenvalue weighted by atomic mass is 35.5. The van der Waals surface area contributed by atoms with Crippen LogP contribution in [0.15, 0.2) is 18.2 Å². The SMILES string of the molecule is CCCCc1cccc(C(Cl)(CCCC)CCCC)c1CCCC. The normalized spacial score (nSPS) is 11.9. The first-order valence-corrected chi connectivity index (χ1v) is 10.8. The molecule has 0 unspecified atom stereocenters. The molecule has 0 heterocycles. The number of unbranched alkanes of at least 4 members (excludes halogenated alkanes) is 4. The fraction of sp³-hybridized carbons (Fsp3) is 0.739. The van der Waals surface area contributed by atoms with Gasteiger partial charge in [0.2, 0.25) is 0 Å². The second-order valence-corrected chi connectivity index (χ2v) is 8.05. The van der Waals surface area contributed by atoms with Crippen LogP contribution < -0.4 is 0 Å². The van der Waals surface area contributed by atoms with Gasteiger partial charge in [0.05, 0.1) is 4.87 Å². The number of halogens is 1. The molecule has 0 amide bonds. The van der Waals surface area contributed by atoms with Crippen LogP contribution in [0.4, 0.5) is 0 Å². The molecule has 0 nitrogen and oxygen atoms in total. The van der Waals surface area contributed by atoms with Crippen LogP contribution in [0.2, 0.25) is 0 Å². The zero-order valence-corrected chi connectivity index (χ0v) is 17.4. The van der Waals surface area contributed by atoms with E-state index in [4.69, 9.17) is 11.6 Å². The first-order valence-electron chi connectivity index (χ1n) is 10.4. The molecule has 0 aliphatic carbocycles. The summed E-state index contributed by atoms with van der Waals surface area (Å²) in [5, 5.41) is 0. The predicted octanol–water partition coefficient (Wildman–Crippen LogP) is 8.19. The summed E-state index contributed by atoms with van der Waals surface area (Å²) in [6.07, 6.45) is 14.6. The van der Waals surface area contributed by atoms with Gasteiger partial charge in [-0.2, -0.15) is 0 Å². The fourth-order valence-electron chi connectivity index (χ4n) is 3.61. The molecule has 0 spiro atoms. The van der Waals surface area contributed by atoms with Crippen molar-refractivity contribution in [3.63, 3.8) is 0 Å².